The van der Waals surface area contributed by atoms with E-state index in [1.54, 1.807) is 16.7 Å². The first-order chi connectivity index (χ1) is 10.1. The number of thioether (sulfide) groups is 1. The van der Waals surface area contributed by atoms with Crippen LogP contribution in [0.2, 0.25) is 0 Å². The average Bonchev–Trinajstić information content (AvgIpc) is 3.17. The Morgan fingerprint density at radius 2 is 2.19 bits per heavy atom. The third-order valence-electron chi connectivity index (χ3n) is 4.15. The van der Waals surface area contributed by atoms with Crippen molar-refractivity contribution in [3.63, 3.8) is 0 Å². The van der Waals surface area contributed by atoms with Crippen molar-refractivity contribution in [2.24, 2.45) is 0 Å². The molecule has 1 saturated heterocycles. The first-order valence-corrected chi connectivity index (χ1v) is 8.49. The monoisotopic (exact) mass is 312 g/mol. The fourth-order valence-corrected chi connectivity index (χ4v) is 3.27. The lowest BCUT2D eigenvalue weighted by atomic mass is 10.1. The Bertz CT molecular complexity index is 563. The van der Waals surface area contributed by atoms with Gasteiger partial charge in [0.1, 0.15) is 23.3 Å². The van der Waals surface area contributed by atoms with Gasteiger partial charge in [-0.1, -0.05) is 0 Å². The molecule has 3 nitrogen and oxygen atoms in total. The maximum absolute atomic E-state index is 14.0. The highest BCUT2D eigenvalue weighted by Gasteiger charge is 2.59. The molecule has 1 unspecified atom stereocenters. The molecule has 2 aliphatic rings. The topological polar surface area (TPSA) is 32.3 Å². The highest BCUT2D eigenvalue weighted by molar-refractivity contribution is 7.98. The van der Waals surface area contributed by atoms with Gasteiger partial charge >= 0.3 is 0 Å². The van der Waals surface area contributed by atoms with E-state index in [4.69, 9.17) is 0 Å². The summed E-state index contributed by atoms with van der Waals surface area (Å²) in [7, 11) is 0. The summed E-state index contributed by atoms with van der Waals surface area (Å²) < 4.78 is 27.1. The number of nitrogens with one attached hydrogen (secondary N) is 1. The third-order valence-corrected chi connectivity index (χ3v) is 4.85. The molecule has 114 valence electrons. The molecule has 0 bridgehead atoms. The molecule has 2 fully saturated rings. The van der Waals surface area contributed by atoms with Crippen molar-refractivity contribution < 1.29 is 13.6 Å². The molecule has 1 spiro atoms. The zero-order chi connectivity index (χ0) is 15.0. The largest absolute Gasteiger partial charge is 0.321 e. The maximum atomic E-state index is 14.0. The highest BCUT2D eigenvalue weighted by Crippen LogP contribution is 2.46. The highest BCUT2D eigenvalue weighted by atomic mass is 32.2. The zero-order valence-corrected chi connectivity index (χ0v) is 12.7. The first kappa shape index (κ1) is 14.8. The van der Waals surface area contributed by atoms with E-state index in [1.165, 1.54) is 12.1 Å². The van der Waals surface area contributed by atoms with Gasteiger partial charge in [0, 0.05) is 18.2 Å². The molecule has 1 amide bonds. The molecule has 1 aromatic carbocycles. The second kappa shape index (κ2) is 5.57. The lowest BCUT2D eigenvalue weighted by Crippen LogP contribution is -2.33. The molecule has 1 aliphatic heterocycles. The first-order valence-electron chi connectivity index (χ1n) is 7.10. The number of carbonyl (C=O) groups excluding carboxylic acids is 1. The minimum atomic E-state index is -0.604. The van der Waals surface area contributed by atoms with Gasteiger partial charge < -0.3 is 4.90 Å². The van der Waals surface area contributed by atoms with E-state index < -0.39 is 23.3 Å². The van der Waals surface area contributed by atoms with Gasteiger partial charge in [0.2, 0.25) is 5.91 Å². The van der Waals surface area contributed by atoms with Crippen LogP contribution in [0.15, 0.2) is 18.2 Å². The third kappa shape index (κ3) is 2.66. The Balaban J connectivity index is 1.85. The van der Waals surface area contributed by atoms with E-state index >= 15 is 0 Å². The molecule has 1 atom stereocenters. The van der Waals surface area contributed by atoms with Gasteiger partial charge in [-0.05, 0) is 43.4 Å². The van der Waals surface area contributed by atoms with E-state index in [0.29, 0.717) is 12.1 Å². The number of nitrogens with zero attached hydrogens (tertiary/aromatic N) is 1. The minimum absolute atomic E-state index is 0.0531. The van der Waals surface area contributed by atoms with Gasteiger partial charge in [-0.25, -0.2) is 8.78 Å². The molecule has 1 saturated carbocycles. The Morgan fingerprint density at radius 1 is 1.43 bits per heavy atom. The molecule has 0 aromatic heterocycles. The van der Waals surface area contributed by atoms with Crippen LogP contribution in [0.3, 0.4) is 0 Å². The number of halogens is 2. The second-order valence-corrected chi connectivity index (χ2v) is 6.63. The predicted octanol–water partition coefficient (Wildman–Crippen LogP) is 2.68. The smallest absolute Gasteiger partial charge is 0.244 e. The summed E-state index contributed by atoms with van der Waals surface area (Å²) in [5.41, 5.74) is -0.150. The van der Waals surface area contributed by atoms with Crippen molar-refractivity contribution in [3.8, 4) is 0 Å². The number of benzene rings is 1. The molecule has 3 rings (SSSR count). The lowest BCUT2D eigenvalue weighted by molar-refractivity contribution is -0.130. The van der Waals surface area contributed by atoms with Crippen molar-refractivity contribution in [3.05, 3.63) is 35.4 Å². The summed E-state index contributed by atoms with van der Waals surface area (Å²) in [6, 6.07) is 3.54. The fourth-order valence-electron chi connectivity index (χ4n) is 2.86. The molecule has 21 heavy (non-hydrogen) atoms. The molecule has 0 radical (unpaired) electrons. The number of rotatable bonds is 5. The van der Waals surface area contributed by atoms with Crippen molar-refractivity contribution in [1.82, 2.24) is 10.2 Å². The van der Waals surface area contributed by atoms with Crippen molar-refractivity contribution in [1.29, 1.82) is 0 Å². The molecule has 1 heterocycles. The number of hydrogen-bond donors (Lipinski definition) is 1. The summed E-state index contributed by atoms with van der Waals surface area (Å²) in [5.74, 6) is -0.198. The number of hydrogen-bond acceptors (Lipinski definition) is 3. The van der Waals surface area contributed by atoms with Crippen LogP contribution < -0.4 is 5.32 Å². The van der Waals surface area contributed by atoms with E-state index in [-0.39, 0.29) is 5.91 Å². The molecular weight excluding hydrogens is 294 g/mol. The second-order valence-electron chi connectivity index (χ2n) is 5.64. The van der Waals surface area contributed by atoms with E-state index in [0.717, 1.165) is 31.1 Å². The van der Waals surface area contributed by atoms with Crippen LogP contribution >= 0.6 is 11.8 Å². The quantitative estimate of drug-likeness (QED) is 0.849. The molecule has 1 N–H and O–H groups in total. The van der Waals surface area contributed by atoms with Gasteiger partial charge in [-0.15, -0.1) is 0 Å². The molecular formula is C15H18F2N2OS. The van der Waals surface area contributed by atoms with Crippen LogP contribution in [0, 0.1) is 11.6 Å². The summed E-state index contributed by atoms with van der Waals surface area (Å²) in [6.07, 6.45) is 3.99. The molecule has 1 aliphatic carbocycles. The van der Waals surface area contributed by atoms with Crippen LogP contribution in [0.1, 0.15) is 31.0 Å². The van der Waals surface area contributed by atoms with E-state index in [1.807, 2.05) is 6.26 Å². The predicted molar refractivity (Wildman–Crippen MR) is 78.9 cm³/mol. The zero-order valence-electron chi connectivity index (χ0n) is 11.9. The van der Waals surface area contributed by atoms with Crippen LogP contribution in [0.4, 0.5) is 8.78 Å². The standard InChI is InChI=1S/C15H18F2N2OS/c1-21-8-2-7-19-13(18-15(5-6-15)14(19)20)11-4-3-10(16)9-12(11)17/h3-4,9,13,18H,2,5-8H2,1H3. The Morgan fingerprint density at radius 3 is 2.81 bits per heavy atom. The normalized spacial score (nSPS) is 23.1. The van der Waals surface area contributed by atoms with Gasteiger partial charge in [0.15, 0.2) is 0 Å². The summed E-state index contributed by atoms with van der Waals surface area (Å²) in [5, 5.41) is 3.25. The minimum Gasteiger partial charge on any atom is -0.321 e. The van der Waals surface area contributed by atoms with Crippen LogP contribution in [0.5, 0.6) is 0 Å². The SMILES string of the molecule is CSCCCN1C(=O)C2(CC2)NC1c1ccc(F)cc1F. The summed E-state index contributed by atoms with van der Waals surface area (Å²) in [6.45, 7) is 0.593. The van der Waals surface area contributed by atoms with E-state index in [9.17, 15) is 13.6 Å². The van der Waals surface area contributed by atoms with Crippen LogP contribution in [-0.2, 0) is 4.79 Å². The maximum Gasteiger partial charge on any atom is 0.244 e. The number of amides is 1. The van der Waals surface area contributed by atoms with Gasteiger partial charge in [0.25, 0.3) is 0 Å². The van der Waals surface area contributed by atoms with Gasteiger partial charge in [-0.2, -0.15) is 11.8 Å². The molecule has 1 aromatic rings. The summed E-state index contributed by atoms with van der Waals surface area (Å²) in [4.78, 5) is 14.2. The van der Waals surface area contributed by atoms with Crippen LogP contribution in [-0.4, -0.2) is 34.9 Å². The number of carbonyl (C=O) groups is 1. The molecule has 6 heteroatoms. The fraction of sp³-hybridized carbons (Fsp3) is 0.533. The Hall–Kier alpha value is -1.14. The average molecular weight is 312 g/mol. The Kier molecular flexibility index (Phi) is 3.92. The van der Waals surface area contributed by atoms with Crippen LogP contribution in [0.25, 0.3) is 0 Å². The van der Waals surface area contributed by atoms with Gasteiger partial charge in [0.05, 0.1) is 0 Å². The van der Waals surface area contributed by atoms with Crippen molar-refractivity contribution in [2.45, 2.75) is 31.0 Å². The van der Waals surface area contributed by atoms with Gasteiger partial charge in [-0.3, -0.25) is 10.1 Å². The lowest BCUT2D eigenvalue weighted by Gasteiger charge is -2.24. The summed E-state index contributed by atoms with van der Waals surface area (Å²) >= 11 is 1.72. The van der Waals surface area contributed by atoms with E-state index in [2.05, 4.69) is 5.32 Å². The van der Waals surface area contributed by atoms with Crippen molar-refractivity contribution in [2.75, 3.05) is 18.6 Å². The van der Waals surface area contributed by atoms with Crippen molar-refractivity contribution >= 4 is 17.7 Å². The Labute approximate surface area is 127 Å².